The molecule has 0 saturated carbocycles. The highest BCUT2D eigenvalue weighted by molar-refractivity contribution is 6.35. The van der Waals surface area contributed by atoms with Crippen LogP contribution in [0.5, 0.6) is 0 Å². The summed E-state index contributed by atoms with van der Waals surface area (Å²) in [6.07, 6.45) is 0.188. The Balaban J connectivity index is 1.66. The summed E-state index contributed by atoms with van der Waals surface area (Å²) in [5.41, 5.74) is 3.30. The van der Waals surface area contributed by atoms with Crippen LogP contribution in [-0.2, 0) is 29.1 Å². The topological polar surface area (TPSA) is 49.4 Å². The zero-order valence-corrected chi connectivity index (χ0v) is 21.1. The van der Waals surface area contributed by atoms with Crippen LogP contribution in [0.15, 0.2) is 109 Å². The van der Waals surface area contributed by atoms with E-state index in [1.165, 1.54) is 0 Å². The van der Waals surface area contributed by atoms with Gasteiger partial charge in [0, 0.05) is 23.1 Å². The summed E-state index contributed by atoms with van der Waals surface area (Å²) < 4.78 is 0. The van der Waals surface area contributed by atoms with E-state index < -0.39 is 6.04 Å². The summed E-state index contributed by atoms with van der Waals surface area (Å²) in [5, 5.41) is 3.98. The minimum atomic E-state index is -0.825. The third kappa shape index (κ3) is 6.75. The molecule has 1 N–H and O–H groups in total. The van der Waals surface area contributed by atoms with Crippen molar-refractivity contribution in [2.45, 2.75) is 25.6 Å². The summed E-state index contributed by atoms with van der Waals surface area (Å²) in [7, 11) is 0. The van der Waals surface area contributed by atoms with Crippen molar-refractivity contribution in [1.82, 2.24) is 10.2 Å². The minimum absolute atomic E-state index is 0.140. The van der Waals surface area contributed by atoms with Crippen LogP contribution in [0.1, 0.15) is 28.3 Å². The summed E-state index contributed by atoms with van der Waals surface area (Å²) in [6, 6.07) is 32.9. The largest absolute Gasteiger partial charge is 0.350 e. The fraction of sp³-hybridized carbons (Fsp3) is 0.133. The summed E-state index contributed by atoms with van der Waals surface area (Å²) in [5.74, 6) is -0.428. The Kier molecular flexibility index (Phi) is 8.77. The number of halogens is 2. The SMILES string of the molecule is O=C(NCc1ccc(Cl)cc1Cl)[C@H](c1ccccc1)N(Cc1ccccc1)C(=O)Cc1ccccc1. The van der Waals surface area contributed by atoms with Crippen molar-refractivity contribution in [3.63, 3.8) is 0 Å². The lowest BCUT2D eigenvalue weighted by molar-refractivity contribution is -0.141. The zero-order valence-electron chi connectivity index (χ0n) is 19.6. The van der Waals surface area contributed by atoms with Gasteiger partial charge < -0.3 is 10.2 Å². The molecular formula is C30H26Cl2N2O2. The highest BCUT2D eigenvalue weighted by Crippen LogP contribution is 2.26. The molecule has 0 aliphatic heterocycles. The Hall–Kier alpha value is -3.60. The van der Waals surface area contributed by atoms with Crippen LogP contribution in [0.2, 0.25) is 10.0 Å². The molecule has 4 aromatic carbocycles. The fourth-order valence-electron chi connectivity index (χ4n) is 4.03. The molecule has 4 rings (SSSR count). The normalized spacial score (nSPS) is 11.5. The molecular weight excluding hydrogens is 491 g/mol. The number of amides is 2. The van der Waals surface area contributed by atoms with Crippen LogP contribution < -0.4 is 5.32 Å². The van der Waals surface area contributed by atoms with Crippen molar-refractivity contribution in [2.24, 2.45) is 0 Å². The number of rotatable bonds is 9. The van der Waals surface area contributed by atoms with Gasteiger partial charge in [0.25, 0.3) is 0 Å². The van der Waals surface area contributed by atoms with Gasteiger partial charge >= 0.3 is 0 Å². The van der Waals surface area contributed by atoms with E-state index in [2.05, 4.69) is 5.32 Å². The second-order valence-corrected chi connectivity index (χ2v) is 9.28. The van der Waals surface area contributed by atoms with Gasteiger partial charge in [-0.05, 0) is 34.4 Å². The first kappa shape index (κ1) is 25.5. The molecule has 0 bridgehead atoms. The van der Waals surface area contributed by atoms with Crippen molar-refractivity contribution >= 4 is 35.0 Å². The predicted molar refractivity (Wildman–Crippen MR) is 145 cm³/mol. The zero-order chi connectivity index (χ0) is 25.3. The number of carbonyl (C=O) groups excluding carboxylic acids is 2. The summed E-state index contributed by atoms with van der Waals surface area (Å²) >= 11 is 12.3. The van der Waals surface area contributed by atoms with Gasteiger partial charge in [-0.2, -0.15) is 0 Å². The van der Waals surface area contributed by atoms with Gasteiger partial charge in [0.1, 0.15) is 6.04 Å². The maximum atomic E-state index is 13.7. The van der Waals surface area contributed by atoms with Crippen molar-refractivity contribution in [1.29, 1.82) is 0 Å². The molecule has 2 amide bonds. The quantitative estimate of drug-likeness (QED) is 0.271. The summed E-state index contributed by atoms with van der Waals surface area (Å²) in [6.45, 7) is 0.505. The Labute approximate surface area is 221 Å². The van der Waals surface area contributed by atoms with Crippen molar-refractivity contribution in [3.8, 4) is 0 Å². The van der Waals surface area contributed by atoms with Crippen LogP contribution >= 0.6 is 23.2 Å². The van der Waals surface area contributed by atoms with E-state index in [1.54, 1.807) is 23.1 Å². The smallest absolute Gasteiger partial charge is 0.247 e. The average Bonchev–Trinajstić information content (AvgIpc) is 2.89. The van der Waals surface area contributed by atoms with Gasteiger partial charge in [-0.1, -0.05) is 120 Å². The van der Waals surface area contributed by atoms with Crippen molar-refractivity contribution in [3.05, 3.63) is 141 Å². The molecule has 0 radical (unpaired) electrons. The average molecular weight is 517 g/mol. The Bertz CT molecular complexity index is 1300. The Morgan fingerprint density at radius 2 is 1.33 bits per heavy atom. The Morgan fingerprint density at radius 1 is 0.750 bits per heavy atom. The van der Waals surface area contributed by atoms with Crippen molar-refractivity contribution < 1.29 is 9.59 Å². The van der Waals surface area contributed by atoms with Crippen LogP contribution in [0.25, 0.3) is 0 Å². The molecule has 4 aromatic rings. The van der Waals surface area contributed by atoms with Gasteiger partial charge in [-0.25, -0.2) is 0 Å². The van der Waals surface area contributed by atoms with Gasteiger partial charge in [0.2, 0.25) is 11.8 Å². The molecule has 0 fully saturated rings. The molecule has 0 saturated heterocycles. The van der Waals surface area contributed by atoms with Gasteiger partial charge in [-0.3, -0.25) is 9.59 Å². The Morgan fingerprint density at radius 3 is 1.94 bits per heavy atom. The van der Waals surface area contributed by atoms with E-state index in [9.17, 15) is 9.59 Å². The monoisotopic (exact) mass is 516 g/mol. The highest BCUT2D eigenvalue weighted by Gasteiger charge is 2.31. The second kappa shape index (κ2) is 12.4. The molecule has 1 atom stereocenters. The van der Waals surface area contributed by atoms with Gasteiger partial charge in [0.05, 0.1) is 6.42 Å². The maximum absolute atomic E-state index is 13.7. The van der Waals surface area contributed by atoms with Crippen molar-refractivity contribution in [2.75, 3.05) is 0 Å². The molecule has 0 aliphatic rings. The lowest BCUT2D eigenvalue weighted by Crippen LogP contribution is -2.43. The number of carbonyl (C=O) groups is 2. The lowest BCUT2D eigenvalue weighted by atomic mass is 10.0. The lowest BCUT2D eigenvalue weighted by Gasteiger charge is -2.32. The number of nitrogens with one attached hydrogen (secondary N) is 1. The predicted octanol–water partition coefficient (Wildman–Crippen LogP) is 6.62. The highest BCUT2D eigenvalue weighted by atomic mass is 35.5. The molecule has 0 spiro atoms. The van der Waals surface area contributed by atoms with E-state index in [0.717, 1.165) is 22.3 Å². The molecule has 0 heterocycles. The van der Waals surface area contributed by atoms with E-state index >= 15 is 0 Å². The molecule has 36 heavy (non-hydrogen) atoms. The third-order valence-electron chi connectivity index (χ3n) is 5.86. The van der Waals surface area contributed by atoms with E-state index in [4.69, 9.17) is 23.2 Å². The third-order valence-corrected chi connectivity index (χ3v) is 6.44. The van der Waals surface area contributed by atoms with Crippen LogP contribution in [0, 0.1) is 0 Å². The molecule has 4 nitrogen and oxygen atoms in total. The van der Waals surface area contributed by atoms with Crippen LogP contribution in [0.4, 0.5) is 0 Å². The van der Waals surface area contributed by atoms with E-state index in [0.29, 0.717) is 16.6 Å². The summed E-state index contributed by atoms with van der Waals surface area (Å²) in [4.78, 5) is 29.1. The molecule has 6 heteroatoms. The van der Waals surface area contributed by atoms with E-state index in [-0.39, 0.29) is 24.8 Å². The molecule has 0 aliphatic carbocycles. The van der Waals surface area contributed by atoms with E-state index in [1.807, 2.05) is 91.0 Å². The number of hydrogen-bond donors (Lipinski definition) is 1. The first-order valence-corrected chi connectivity index (χ1v) is 12.4. The second-order valence-electron chi connectivity index (χ2n) is 8.44. The molecule has 0 unspecified atom stereocenters. The van der Waals surface area contributed by atoms with Gasteiger partial charge in [-0.15, -0.1) is 0 Å². The standard InChI is InChI=1S/C30H26Cl2N2O2/c31-26-17-16-25(27(32)19-26)20-33-30(36)29(24-14-8-3-9-15-24)34(21-23-12-6-2-7-13-23)28(35)18-22-10-4-1-5-11-22/h1-17,19,29H,18,20-21H2,(H,33,36)/t29-/m0/s1. The number of hydrogen-bond acceptors (Lipinski definition) is 2. The number of nitrogens with zero attached hydrogens (tertiary/aromatic N) is 1. The maximum Gasteiger partial charge on any atom is 0.247 e. The first-order chi connectivity index (χ1) is 17.5. The van der Waals surface area contributed by atoms with Crippen LogP contribution in [-0.4, -0.2) is 16.7 Å². The van der Waals surface area contributed by atoms with Gasteiger partial charge in [0.15, 0.2) is 0 Å². The minimum Gasteiger partial charge on any atom is -0.350 e. The fourth-order valence-corrected chi connectivity index (χ4v) is 4.50. The van der Waals surface area contributed by atoms with Crippen LogP contribution in [0.3, 0.4) is 0 Å². The molecule has 0 aromatic heterocycles. The number of benzene rings is 4. The molecule has 182 valence electrons. The first-order valence-electron chi connectivity index (χ1n) is 11.6.